The number of rotatable bonds is 9. The van der Waals surface area contributed by atoms with Crippen LogP contribution in [-0.4, -0.2) is 32.3 Å². The Kier molecular flexibility index (Phi) is 7.76. The molecule has 0 bridgehead atoms. The Balaban J connectivity index is 2.06. The highest BCUT2D eigenvalue weighted by Crippen LogP contribution is 2.25. The lowest BCUT2D eigenvalue weighted by atomic mass is 10.2. The first-order chi connectivity index (χ1) is 12.1. The lowest BCUT2D eigenvalue weighted by Crippen LogP contribution is -2.14. The summed E-state index contributed by atoms with van der Waals surface area (Å²) in [5.74, 6) is 0.986. The Morgan fingerprint density at radius 1 is 1.04 bits per heavy atom. The Morgan fingerprint density at radius 3 is 2.64 bits per heavy atom. The number of anilines is 1. The summed E-state index contributed by atoms with van der Waals surface area (Å²) in [6, 6.07) is 12.6. The molecule has 0 unspecified atom stereocenters. The van der Waals surface area contributed by atoms with Gasteiger partial charge in [-0.1, -0.05) is 22.0 Å². The molecule has 0 heterocycles. The zero-order valence-corrected chi connectivity index (χ0v) is 16.0. The van der Waals surface area contributed by atoms with E-state index in [-0.39, 0.29) is 5.91 Å². The van der Waals surface area contributed by atoms with Crippen LogP contribution in [0.25, 0.3) is 0 Å². The van der Waals surface area contributed by atoms with Crippen molar-refractivity contribution in [2.75, 3.05) is 31.7 Å². The van der Waals surface area contributed by atoms with Gasteiger partial charge in [0, 0.05) is 22.8 Å². The standard InChI is InChI=1S/C19H22BrNO4/c1-3-23-10-11-25-16-7-5-6-15(13-16)21-19(22)17-12-14(20)8-9-18(17)24-4-2/h5-9,12-13H,3-4,10-11H2,1-2H3,(H,21,22). The van der Waals surface area contributed by atoms with Crippen molar-refractivity contribution in [1.29, 1.82) is 0 Å². The SMILES string of the molecule is CCOCCOc1cccc(NC(=O)c2cc(Br)ccc2OCC)c1. The Hall–Kier alpha value is -2.05. The van der Waals surface area contributed by atoms with Gasteiger partial charge < -0.3 is 19.5 Å². The second kappa shape index (κ2) is 10.1. The van der Waals surface area contributed by atoms with Gasteiger partial charge in [-0.05, 0) is 44.2 Å². The topological polar surface area (TPSA) is 56.8 Å². The lowest BCUT2D eigenvalue weighted by Gasteiger charge is -2.12. The summed E-state index contributed by atoms with van der Waals surface area (Å²) in [6.45, 7) is 5.97. The van der Waals surface area contributed by atoms with E-state index in [1.165, 1.54) is 0 Å². The van der Waals surface area contributed by atoms with Crippen molar-refractivity contribution < 1.29 is 19.0 Å². The maximum absolute atomic E-state index is 12.6. The molecule has 1 N–H and O–H groups in total. The van der Waals surface area contributed by atoms with Gasteiger partial charge in [0.05, 0.1) is 18.8 Å². The fourth-order valence-corrected chi connectivity index (χ4v) is 2.55. The quantitative estimate of drug-likeness (QED) is 0.620. The smallest absolute Gasteiger partial charge is 0.259 e. The van der Waals surface area contributed by atoms with Crippen molar-refractivity contribution in [2.45, 2.75) is 13.8 Å². The molecule has 0 aromatic heterocycles. The molecule has 0 atom stereocenters. The van der Waals surface area contributed by atoms with Gasteiger partial charge in [0.1, 0.15) is 18.1 Å². The predicted octanol–water partition coefficient (Wildman–Crippen LogP) is 4.52. The van der Waals surface area contributed by atoms with Crippen LogP contribution in [-0.2, 0) is 4.74 Å². The van der Waals surface area contributed by atoms with Crippen molar-refractivity contribution in [3.63, 3.8) is 0 Å². The molecular formula is C19H22BrNO4. The fourth-order valence-electron chi connectivity index (χ4n) is 2.19. The molecule has 0 aliphatic heterocycles. The normalized spacial score (nSPS) is 10.4. The number of amides is 1. The summed E-state index contributed by atoms with van der Waals surface area (Å²) in [6.07, 6.45) is 0. The highest BCUT2D eigenvalue weighted by atomic mass is 79.9. The average molecular weight is 408 g/mol. The summed E-state index contributed by atoms with van der Waals surface area (Å²) in [7, 11) is 0. The lowest BCUT2D eigenvalue weighted by molar-refractivity contribution is 0.102. The molecule has 2 rings (SSSR count). The highest BCUT2D eigenvalue weighted by molar-refractivity contribution is 9.10. The molecule has 0 saturated heterocycles. The fraction of sp³-hybridized carbons (Fsp3) is 0.316. The van der Waals surface area contributed by atoms with Crippen LogP contribution in [0.15, 0.2) is 46.9 Å². The van der Waals surface area contributed by atoms with E-state index in [2.05, 4.69) is 21.2 Å². The minimum Gasteiger partial charge on any atom is -0.493 e. The highest BCUT2D eigenvalue weighted by Gasteiger charge is 2.14. The van der Waals surface area contributed by atoms with E-state index in [1.807, 2.05) is 38.1 Å². The minimum absolute atomic E-state index is 0.240. The van der Waals surface area contributed by atoms with Crippen LogP contribution in [0.1, 0.15) is 24.2 Å². The van der Waals surface area contributed by atoms with Crippen LogP contribution < -0.4 is 14.8 Å². The Bertz CT molecular complexity index is 706. The second-order valence-corrected chi connectivity index (χ2v) is 6.02. The van der Waals surface area contributed by atoms with Gasteiger partial charge in [-0.25, -0.2) is 0 Å². The zero-order valence-electron chi connectivity index (χ0n) is 14.4. The third kappa shape index (κ3) is 6.07. The van der Waals surface area contributed by atoms with Crippen LogP contribution in [0, 0.1) is 0 Å². The Morgan fingerprint density at radius 2 is 1.88 bits per heavy atom. The van der Waals surface area contributed by atoms with E-state index in [0.29, 0.717) is 49.2 Å². The maximum atomic E-state index is 12.6. The number of benzene rings is 2. The summed E-state index contributed by atoms with van der Waals surface area (Å²) in [5, 5.41) is 2.88. The van der Waals surface area contributed by atoms with E-state index in [9.17, 15) is 4.79 Å². The number of nitrogens with one attached hydrogen (secondary N) is 1. The molecule has 0 spiro atoms. The molecule has 0 radical (unpaired) electrons. The average Bonchev–Trinajstić information content (AvgIpc) is 2.61. The third-order valence-electron chi connectivity index (χ3n) is 3.28. The molecular weight excluding hydrogens is 386 g/mol. The molecule has 134 valence electrons. The first-order valence-corrected chi connectivity index (χ1v) is 8.97. The van der Waals surface area contributed by atoms with E-state index < -0.39 is 0 Å². The van der Waals surface area contributed by atoms with E-state index in [0.717, 1.165) is 4.47 Å². The van der Waals surface area contributed by atoms with Crippen LogP contribution in [0.2, 0.25) is 0 Å². The monoisotopic (exact) mass is 407 g/mol. The number of hydrogen-bond acceptors (Lipinski definition) is 4. The molecule has 6 heteroatoms. The van der Waals surface area contributed by atoms with Crippen LogP contribution >= 0.6 is 15.9 Å². The van der Waals surface area contributed by atoms with Crippen molar-refractivity contribution in [3.8, 4) is 11.5 Å². The van der Waals surface area contributed by atoms with Gasteiger partial charge in [-0.2, -0.15) is 0 Å². The van der Waals surface area contributed by atoms with Gasteiger partial charge in [0.25, 0.3) is 5.91 Å². The van der Waals surface area contributed by atoms with Crippen molar-refractivity contribution >= 4 is 27.5 Å². The van der Waals surface area contributed by atoms with E-state index >= 15 is 0 Å². The van der Waals surface area contributed by atoms with Gasteiger partial charge in [-0.3, -0.25) is 4.79 Å². The largest absolute Gasteiger partial charge is 0.493 e. The van der Waals surface area contributed by atoms with Gasteiger partial charge >= 0.3 is 0 Å². The summed E-state index contributed by atoms with van der Waals surface area (Å²) >= 11 is 3.39. The number of hydrogen-bond donors (Lipinski definition) is 1. The molecule has 0 saturated carbocycles. The molecule has 2 aromatic carbocycles. The minimum atomic E-state index is -0.240. The predicted molar refractivity (Wildman–Crippen MR) is 102 cm³/mol. The number of carbonyl (C=O) groups excluding carboxylic acids is 1. The number of ether oxygens (including phenoxy) is 3. The summed E-state index contributed by atoms with van der Waals surface area (Å²) in [4.78, 5) is 12.6. The van der Waals surface area contributed by atoms with Gasteiger partial charge in [0.15, 0.2) is 0 Å². The van der Waals surface area contributed by atoms with Crippen molar-refractivity contribution in [3.05, 3.63) is 52.5 Å². The molecule has 0 aliphatic rings. The zero-order chi connectivity index (χ0) is 18.1. The maximum Gasteiger partial charge on any atom is 0.259 e. The second-order valence-electron chi connectivity index (χ2n) is 5.10. The first-order valence-electron chi connectivity index (χ1n) is 8.18. The molecule has 0 fully saturated rings. The van der Waals surface area contributed by atoms with E-state index in [4.69, 9.17) is 14.2 Å². The first kappa shape index (κ1) is 19.3. The van der Waals surface area contributed by atoms with Crippen molar-refractivity contribution in [2.24, 2.45) is 0 Å². The number of carbonyl (C=O) groups is 1. The molecule has 25 heavy (non-hydrogen) atoms. The van der Waals surface area contributed by atoms with Crippen LogP contribution in [0.4, 0.5) is 5.69 Å². The molecule has 5 nitrogen and oxygen atoms in total. The van der Waals surface area contributed by atoms with Crippen molar-refractivity contribution in [1.82, 2.24) is 0 Å². The summed E-state index contributed by atoms with van der Waals surface area (Å²) in [5.41, 5.74) is 1.13. The summed E-state index contributed by atoms with van der Waals surface area (Å²) < 4.78 is 17.2. The van der Waals surface area contributed by atoms with E-state index in [1.54, 1.807) is 18.2 Å². The third-order valence-corrected chi connectivity index (χ3v) is 3.77. The van der Waals surface area contributed by atoms with Gasteiger partial charge in [0.2, 0.25) is 0 Å². The molecule has 2 aromatic rings. The van der Waals surface area contributed by atoms with Crippen LogP contribution in [0.5, 0.6) is 11.5 Å². The van der Waals surface area contributed by atoms with Crippen LogP contribution in [0.3, 0.4) is 0 Å². The van der Waals surface area contributed by atoms with Gasteiger partial charge in [-0.15, -0.1) is 0 Å². The Labute approximate surface area is 156 Å². The molecule has 0 aliphatic carbocycles. The number of halogens is 1. The molecule has 1 amide bonds.